The highest BCUT2D eigenvalue weighted by Gasteiger charge is 2.31. The molecule has 2 fully saturated rings. The number of hydrogen-bond acceptors (Lipinski definition) is 9. The fourth-order valence-corrected chi connectivity index (χ4v) is 5.63. The molecular formula is C25H35N9O. The molecule has 6 heterocycles. The second-order valence-electron chi connectivity index (χ2n) is 10.1. The van der Waals surface area contributed by atoms with Gasteiger partial charge in [0.1, 0.15) is 5.52 Å². The van der Waals surface area contributed by atoms with Crippen molar-refractivity contribution in [3.8, 4) is 11.1 Å². The average molecular weight is 478 g/mol. The van der Waals surface area contributed by atoms with E-state index in [4.69, 9.17) is 19.8 Å². The zero-order valence-electron chi connectivity index (χ0n) is 21.0. The van der Waals surface area contributed by atoms with Crippen LogP contribution in [0.25, 0.3) is 16.6 Å². The first-order valence-electron chi connectivity index (χ1n) is 12.7. The predicted octanol–water partition coefficient (Wildman–Crippen LogP) is 3.09. The molecule has 0 aromatic carbocycles. The van der Waals surface area contributed by atoms with Crippen molar-refractivity contribution in [1.29, 1.82) is 0 Å². The maximum absolute atomic E-state index is 5.36. The normalized spacial score (nSPS) is 21.3. The molecule has 0 spiro atoms. The van der Waals surface area contributed by atoms with Crippen molar-refractivity contribution in [2.75, 3.05) is 54.2 Å². The van der Waals surface area contributed by atoms with E-state index in [1.165, 1.54) is 0 Å². The van der Waals surface area contributed by atoms with Gasteiger partial charge in [-0.1, -0.05) is 0 Å². The molecule has 10 heteroatoms. The molecule has 0 saturated carbocycles. The molecule has 0 aliphatic carbocycles. The van der Waals surface area contributed by atoms with E-state index in [-0.39, 0.29) is 6.17 Å². The van der Waals surface area contributed by atoms with Crippen molar-refractivity contribution in [3.63, 3.8) is 0 Å². The van der Waals surface area contributed by atoms with Crippen LogP contribution in [0.15, 0.2) is 24.5 Å². The van der Waals surface area contributed by atoms with E-state index in [2.05, 4.69) is 58.7 Å². The third-order valence-electron chi connectivity index (χ3n) is 7.52. The van der Waals surface area contributed by atoms with Gasteiger partial charge in [0.15, 0.2) is 11.6 Å². The molecular weight excluding hydrogens is 442 g/mol. The number of anilines is 4. The molecule has 1 atom stereocenters. The summed E-state index contributed by atoms with van der Waals surface area (Å²) >= 11 is 0. The lowest BCUT2D eigenvalue weighted by Gasteiger charge is -2.41. The Morgan fingerprint density at radius 3 is 2.69 bits per heavy atom. The van der Waals surface area contributed by atoms with Gasteiger partial charge in [0.05, 0.1) is 31.1 Å². The van der Waals surface area contributed by atoms with Crippen molar-refractivity contribution in [1.82, 2.24) is 24.5 Å². The van der Waals surface area contributed by atoms with Gasteiger partial charge in [-0.25, -0.2) is 9.50 Å². The Kier molecular flexibility index (Phi) is 5.64. The van der Waals surface area contributed by atoms with Crippen molar-refractivity contribution in [2.45, 2.75) is 57.9 Å². The van der Waals surface area contributed by atoms with Gasteiger partial charge in [-0.2, -0.15) is 4.98 Å². The fourth-order valence-electron chi connectivity index (χ4n) is 5.63. The Morgan fingerprint density at radius 2 is 2.00 bits per heavy atom. The van der Waals surface area contributed by atoms with E-state index < -0.39 is 0 Å². The molecule has 3 aliphatic rings. The monoisotopic (exact) mass is 477 g/mol. The number of fused-ring (bicyclic) bond motifs is 2. The molecule has 6 rings (SSSR count). The van der Waals surface area contributed by atoms with Crippen molar-refractivity contribution >= 4 is 28.8 Å². The number of pyridine rings is 1. The third-order valence-corrected chi connectivity index (χ3v) is 7.52. The lowest BCUT2D eigenvalue weighted by molar-refractivity contribution is -0.0705. The third kappa shape index (κ3) is 3.94. The summed E-state index contributed by atoms with van der Waals surface area (Å²) in [6.45, 7) is 10.5. The number of aromatic nitrogens is 4. The van der Waals surface area contributed by atoms with E-state index in [1.807, 2.05) is 24.0 Å². The van der Waals surface area contributed by atoms with E-state index in [1.54, 1.807) is 0 Å². The Morgan fingerprint density at radius 1 is 1.20 bits per heavy atom. The van der Waals surface area contributed by atoms with Crippen LogP contribution in [-0.4, -0.2) is 82.1 Å². The van der Waals surface area contributed by atoms with Crippen LogP contribution in [-0.2, 0) is 4.74 Å². The number of nitrogens with one attached hydrogen (secondary N) is 3. The number of piperidine rings is 1. The zero-order chi connectivity index (χ0) is 24.1. The van der Waals surface area contributed by atoms with E-state index >= 15 is 0 Å². The number of nitrogens with zero attached hydrogens (tertiary/aromatic N) is 6. The minimum absolute atomic E-state index is 0.220. The average Bonchev–Trinajstić information content (AvgIpc) is 3.38. The molecule has 0 radical (unpaired) electrons. The minimum atomic E-state index is 0.220. The van der Waals surface area contributed by atoms with Crippen molar-refractivity contribution < 1.29 is 4.74 Å². The van der Waals surface area contributed by atoms with Crippen LogP contribution in [0.3, 0.4) is 0 Å². The second kappa shape index (κ2) is 8.83. The Balaban J connectivity index is 1.26. The van der Waals surface area contributed by atoms with Gasteiger partial charge in [-0.15, -0.1) is 5.10 Å². The molecule has 10 nitrogen and oxygen atoms in total. The number of ether oxygens (including phenoxy) is 1. The first-order valence-corrected chi connectivity index (χ1v) is 12.7. The minimum Gasteiger partial charge on any atom is -0.378 e. The van der Waals surface area contributed by atoms with Crippen molar-refractivity contribution in [3.05, 3.63) is 24.5 Å². The zero-order valence-corrected chi connectivity index (χ0v) is 21.0. The summed E-state index contributed by atoms with van der Waals surface area (Å²) < 4.78 is 7.28. The van der Waals surface area contributed by atoms with Crippen molar-refractivity contribution in [2.24, 2.45) is 0 Å². The predicted molar refractivity (Wildman–Crippen MR) is 139 cm³/mol. The maximum Gasteiger partial charge on any atom is 0.243 e. The summed E-state index contributed by atoms with van der Waals surface area (Å²) in [6, 6.07) is 5.68. The smallest absolute Gasteiger partial charge is 0.243 e. The lowest BCUT2D eigenvalue weighted by atomic mass is 10.0. The summed E-state index contributed by atoms with van der Waals surface area (Å²) in [5.74, 6) is 2.40. The molecule has 3 aromatic heterocycles. The fraction of sp³-hybridized carbons (Fsp3) is 0.560. The molecule has 3 aliphatic heterocycles. The Hall–Kier alpha value is -3.11. The highest BCUT2D eigenvalue weighted by Crippen LogP contribution is 2.39. The van der Waals surface area contributed by atoms with E-state index in [0.717, 1.165) is 73.1 Å². The van der Waals surface area contributed by atoms with Gasteiger partial charge in [-0.3, -0.25) is 4.90 Å². The van der Waals surface area contributed by atoms with Crippen LogP contribution in [0.4, 0.5) is 23.3 Å². The van der Waals surface area contributed by atoms with Crippen LogP contribution >= 0.6 is 0 Å². The van der Waals surface area contributed by atoms with Gasteiger partial charge in [0.25, 0.3) is 0 Å². The summed E-state index contributed by atoms with van der Waals surface area (Å²) in [5, 5.41) is 15.2. The molecule has 0 amide bonds. The highest BCUT2D eigenvalue weighted by atomic mass is 16.5. The lowest BCUT2D eigenvalue weighted by Crippen LogP contribution is -2.53. The van der Waals surface area contributed by atoms with Gasteiger partial charge < -0.3 is 25.6 Å². The van der Waals surface area contributed by atoms with Crippen LogP contribution in [0, 0.1) is 0 Å². The summed E-state index contributed by atoms with van der Waals surface area (Å²) in [5.41, 5.74) is 4.21. The molecule has 3 aromatic rings. The topological polar surface area (TPSA) is 94.9 Å². The molecule has 1 unspecified atom stereocenters. The number of hydrogen-bond donors (Lipinski definition) is 3. The van der Waals surface area contributed by atoms with Gasteiger partial charge in [0.2, 0.25) is 5.95 Å². The molecule has 2 saturated heterocycles. The Labute approximate surface area is 206 Å². The number of rotatable bonds is 6. The summed E-state index contributed by atoms with van der Waals surface area (Å²) in [6.07, 6.45) is 6.33. The van der Waals surface area contributed by atoms with Crippen LogP contribution in [0.2, 0.25) is 0 Å². The standard InChI is InChI=1S/C25H35N9O/c1-15(2)34-16(3)28-23-21(34)11-17(12-27-23)20-7-10-33-22(20)24(26-4)30-25(31-33)29-18-5-8-32(9-6-18)19-13-35-14-19/h7,10-12,15-16,18-19H,5-6,8-9,13-14H2,1-4H3,(H,27,28)(H2,26,29,30,31). The van der Waals surface area contributed by atoms with E-state index in [0.29, 0.717) is 24.1 Å². The largest absolute Gasteiger partial charge is 0.378 e. The van der Waals surface area contributed by atoms with Gasteiger partial charge in [0, 0.05) is 55.7 Å². The van der Waals surface area contributed by atoms with Crippen LogP contribution < -0.4 is 20.9 Å². The summed E-state index contributed by atoms with van der Waals surface area (Å²) in [7, 11) is 1.91. The highest BCUT2D eigenvalue weighted by molar-refractivity contribution is 5.91. The second-order valence-corrected chi connectivity index (χ2v) is 10.1. The van der Waals surface area contributed by atoms with Crippen LogP contribution in [0.1, 0.15) is 33.6 Å². The summed E-state index contributed by atoms with van der Waals surface area (Å²) in [4.78, 5) is 14.5. The first-order chi connectivity index (χ1) is 17.0. The Bertz CT molecular complexity index is 1210. The van der Waals surface area contributed by atoms with Gasteiger partial charge >= 0.3 is 0 Å². The number of likely N-dealkylation sites (tertiary alicyclic amines) is 1. The van der Waals surface area contributed by atoms with Gasteiger partial charge in [-0.05, 0) is 45.7 Å². The maximum atomic E-state index is 5.36. The quantitative estimate of drug-likeness (QED) is 0.495. The van der Waals surface area contributed by atoms with Crippen LogP contribution in [0.5, 0.6) is 0 Å². The van der Waals surface area contributed by atoms with E-state index in [9.17, 15) is 0 Å². The first kappa shape index (κ1) is 22.4. The molecule has 35 heavy (non-hydrogen) atoms. The molecule has 3 N–H and O–H groups in total. The SMILES string of the molecule is CNc1nc(NC2CCN(C3COC3)CC2)nn2ccc(-c3cnc4c(c3)N(C(C)C)C(C)N4)c12. The molecule has 186 valence electrons. The molecule has 0 bridgehead atoms.